The smallest absolute Gasteiger partial charge is 0.416 e. The number of alkyl halides is 1. The van der Waals surface area contributed by atoms with E-state index in [0.29, 0.717) is 83.2 Å². The van der Waals surface area contributed by atoms with Gasteiger partial charge in [-0.2, -0.15) is 0 Å². The number of hydrogen-bond donors (Lipinski definition) is 4. The van der Waals surface area contributed by atoms with Crippen LogP contribution in [0.4, 0.5) is 9.59 Å². The summed E-state index contributed by atoms with van der Waals surface area (Å²) in [4.78, 5) is 168. The van der Waals surface area contributed by atoms with E-state index < -0.39 is 135 Å². The van der Waals surface area contributed by atoms with Gasteiger partial charge < -0.3 is 58.3 Å². The van der Waals surface area contributed by atoms with Gasteiger partial charge in [-0.25, -0.2) is 19.4 Å². The molecule has 0 spiro atoms. The summed E-state index contributed by atoms with van der Waals surface area (Å²) in [5.74, 6) is -10.3. The van der Waals surface area contributed by atoms with E-state index in [-0.39, 0.29) is 95.8 Å². The van der Waals surface area contributed by atoms with E-state index in [0.717, 1.165) is 24.0 Å². The van der Waals surface area contributed by atoms with Crippen molar-refractivity contribution in [1.82, 2.24) is 9.80 Å². The zero-order chi connectivity index (χ0) is 101. The number of halogens is 1. The SMILES string of the molecule is C=CCC(C(=O)OC(C)(C)C)C(CC(C)C)C(=O)O.C=CC[C@@H](C(=O)OC(C)(C)C)C(CC(C)C)C(=O)O.CC(C)(C)OC(=O)CBr.CC(C)CC(CC(=O)OC(C)(C)C)C(=O)N1C(=O)OCC1Cc1ccccc1.CC(C)CC(CC(=O)OC(C)(C)C)C(=O)O.CC(C)CCC(=O)N1C(=O)OCC1Cc1ccccc1.CCC[C@@H](C(=O)OC(C)(C)C)C(CC(C)C)C(=O)O. The Kier molecular flexibility index (Phi) is 58.6. The summed E-state index contributed by atoms with van der Waals surface area (Å²) in [7, 11) is 0. The summed E-state index contributed by atoms with van der Waals surface area (Å²) in [6.07, 6.45) is 8.65. The fourth-order valence-corrected chi connectivity index (χ4v) is 13.6. The van der Waals surface area contributed by atoms with Crippen molar-refractivity contribution in [3.8, 4) is 0 Å². The molecular weight excluding hydrogens is 1740 g/mol. The van der Waals surface area contributed by atoms with Crippen molar-refractivity contribution in [3.63, 3.8) is 0 Å². The maximum Gasteiger partial charge on any atom is 0.416 e. The van der Waals surface area contributed by atoms with Crippen molar-refractivity contribution in [3.05, 3.63) is 97.1 Å². The Labute approximate surface area is 785 Å². The molecule has 2 saturated heterocycles. The number of nitrogens with zero attached hydrogens (tertiary/aromatic N) is 2. The lowest BCUT2D eigenvalue weighted by molar-refractivity contribution is -0.167. The molecule has 10 atom stereocenters. The predicted octanol–water partition coefficient (Wildman–Crippen LogP) is 21.2. The van der Waals surface area contributed by atoms with Crippen molar-refractivity contribution in [2.75, 3.05) is 18.5 Å². The van der Waals surface area contributed by atoms with Crippen LogP contribution in [0.15, 0.2) is 86.0 Å². The summed E-state index contributed by atoms with van der Waals surface area (Å²) in [5.41, 5.74) is -1.21. The molecule has 8 unspecified atom stereocenters. The molecule has 4 rings (SSSR count). The molecule has 4 N–H and O–H groups in total. The standard InChI is InChI=1S/C22H31NO5.C16H21NO3.C15H28O4.2C15H26O4.C12H22O4.C6H11BrO2/c1-15(2)11-17(13-19(24)28-22(3,4)5)20(25)23-18(14-27-21(23)26)12-16-9-7-6-8-10-16;1-12(2)8-9-15(18)17-14(11-20-16(17)19)10-13-6-4-3-5-7-13;3*1-7-8-11(14(18)19-15(4,5)6)12(13(16)17)9-10(2)3;1-8(2)6-9(11(14)15)7-10(13)16-12(3,4)5;1-6(2,3)9-5(8)4-7/h6-10,15,17-18H,11-14H2,1-5H3;3-7,12,14H,8-11H2,1-2H3;10-12H,7-9H2,1-6H3,(H,16,17);2*7,10-12H,1,8-9H2,2-6H3,(H,16,17);8-9H,6-7H2,1-5H3,(H,14,15);4H2,1-3H3/t;;2*11-,12?;;;/m..11.../s1. The van der Waals surface area contributed by atoms with Crippen LogP contribution in [-0.4, -0.2) is 178 Å². The summed E-state index contributed by atoms with van der Waals surface area (Å²) < 4.78 is 41.6. The fraction of sp³-hybridized carbons (Fsp3) is 0.703. The highest BCUT2D eigenvalue weighted by molar-refractivity contribution is 9.09. The molecule has 0 radical (unpaired) electrons. The Morgan fingerprint density at radius 2 is 0.692 bits per heavy atom. The predicted molar refractivity (Wildman–Crippen MR) is 507 cm³/mol. The van der Waals surface area contributed by atoms with E-state index in [1.54, 1.807) is 116 Å². The molecule has 2 aromatic rings. The van der Waals surface area contributed by atoms with Crippen LogP contribution in [0.3, 0.4) is 0 Å². The number of carbonyl (C=O) groups is 14. The van der Waals surface area contributed by atoms with E-state index in [9.17, 15) is 82.4 Å². The average Bonchev–Trinajstić information content (AvgIpc) is 1.67. The van der Waals surface area contributed by atoms with Gasteiger partial charge in [0.1, 0.15) is 52.2 Å². The molecular formula is C101H165BrN2O26. The summed E-state index contributed by atoms with van der Waals surface area (Å²) in [5, 5.41) is 37.2. The molecule has 742 valence electrons. The van der Waals surface area contributed by atoms with Crippen LogP contribution >= 0.6 is 15.9 Å². The second-order valence-corrected chi connectivity index (χ2v) is 42.1. The number of cyclic esters (lactones) is 2. The van der Waals surface area contributed by atoms with Crippen LogP contribution in [0.5, 0.6) is 0 Å². The first-order valence-electron chi connectivity index (χ1n) is 45.6. The van der Waals surface area contributed by atoms with Gasteiger partial charge in [0.25, 0.3) is 0 Å². The molecule has 0 bridgehead atoms. The van der Waals surface area contributed by atoms with E-state index in [1.165, 1.54) is 9.80 Å². The number of hydrogen-bond acceptors (Lipinski definition) is 22. The van der Waals surface area contributed by atoms with Crippen LogP contribution < -0.4 is 0 Å². The second-order valence-electron chi connectivity index (χ2n) is 41.5. The minimum Gasteiger partial charge on any atom is -0.481 e. The largest absolute Gasteiger partial charge is 0.481 e. The van der Waals surface area contributed by atoms with Crippen LogP contribution in [0, 0.1) is 82.9 Å². The molecule has 2 fully saturated rings. The molecule has 2 aliphatic heterocycles. The third-order valence-corrected chi connectivity index (χ3v) is 19.0. The Balaban J connectivity index is -0.00000147. The van der Waals surface area contributed by atoms with Crippen molar-refractivity contribution < 1.29 is 125 Å². The monoisotopic (exact) mass is 1900 g/mol. The summed E-state index contributed by atoms with van der Waals surface area (Å²) in [6.45, 7) is 65.5. The molecule has 4 amide bonds. The van der Waals surface area contributed by atoms with Crippen LogP contribution in [0.2, 0.25) is 0 Å². The van der Waals surface area contributed by atoms with E-state index in [2.05, 4.69) is 42.9 Å². The van der Waals surface area contributed by atoms with Crippen LogP contribution in [0.1, 0.15) is 309 Å². The van der Waals surface area contributed by atoms with E-state index in [1.807, 2.05) is 158 Å². The Morgan fingerprint density at radius 3 is 0.969 bits per heavy atom. The Hall–Kier alpha value is -9.02. The number of rotatable bonds is 39. The molecule has 0 aliphatic carbocycles. The number of allylic oxidation sites excluding steroid dienone is 2. The molecule has 2 heterocycles. The minimum atomic E-state index is -0.952. The van der Waals surface area contributed by atoms with Gasteiger partial charge in [-0.05, 0) is 242 Å². The number of carboxylic acid groups (broad SMARTS) is 4. The van der Waals surface area contributed by atoms with Crippen molar-refractivity contribution in [2.24, 2.45) is 82.9 Å². The first-order chi connectivity index (χ1) is 59.5. The minimum absolute atomic E-state index is 0.0455. The van der Waals surface area contributed by atoms with Gasteiger partial charge in [0, 0.05) is 12.3 Å². The molecule has 2 aliphatic rings. The normalized spacial score (nSPS) is 15.7. The third kappa shape index (κ3) is 59.4. The van der Waals surface area contributed by atoms with Crippen molar-refractivity contribution in [1.29, 1.82) is 0 Å². The average molecular weight is 1900 g/mol. The highest BCUT2D eigenvalue weighted by Crippen LogP contribution is 2.33. The lowest BCUT2D eigenvalue weighted by Crippen LogP contribution is -2.44. The summed E-state index contributed by atoms with van der Waals surface area (Å²) >= 11 is 2.99. The molecule has 0 saturated carbocycles. The molecule has 29 heteroatoms. The number of ether oxygens (including phenoxy) is 8. The lowest BCUT2D eigenvalue weighted by Gasteiger charge is -2.27. The highest BCUT2D eigenvalue weighted by atomic mass is 79.9. The molecule has 2 aromatic carbocycles. The Morgan fingerprint density at radius 1 is 0.400 bits per heavy atom. The second kappa shape index (κ2) is 60.9. The van der Waals surface area contributed by atoms with Gasteiger partial charge in [-0.3, -0.25) is 57.5 Å². The topological polar surface area (TPSA) is 400 Å². The number of carboxylic acids is 4. The first kappa shape index (κ1) is 125. The number of benzene rings is 2. The molecule has 130 heavy (non-hydrogen) atoms. The molecule has 28 nitrogen and oxygen atoms in total. The molecule has 0 aromatic heterocycles. The summed E-state index contributed by atoms with van der Waals surface area (Å²) in [6, 6.07) is 19.0. The van der Waals surface area contributed by atoms with Crippen molar-refractivity contribution >= 4 is 99.6 Å². The van der Waals surface area contributed by atoms with E-state index >= 15 is 0 Å². The highest BCUT2D eigenvalue weighted by Gasteiger charge is 2.44. The maximum absolute atomic E-state index is 13.2. The number of esters is 6. The maximum atomic E-state index is 13.2. The number of carbonyl (C=O) groups excluding carboxylic acids is 10. The van der Waals surface area contributed by atoms with Gasteiger partial charge in [0.2, 0.25) is 11.8 Å². The van der Waals surface area contributed by atoms with Crippen LogP contribution in [-0.2, 0) is 108 Å². The zero-order valence-electron chi connectivity index (χ0n) is 84.4. The van der Waals surface area contributed by atoms with Gasteiger partial charge in [-0.1, -0.05) is 185 Å². The third-order valence-electron chi connectivity index (χ3n) is 18.6. The van der Waals surface area contributed by atoms with Gasteiger partial charge >= 0.3 is 71.9 Å². The van der Waals surface area contributed by atoms with Gasteiger partial charge in [-0.15, -0.1) is 13.2 Å². The number of imide groups is 2. The van der Waals surface area contributed by atoms with Gasteiger partial charge in [0.05, 0.1) is 66.4 Å². The number of amides is 4. The fourth-order valence-electron chi connectivity index (χ4n) is 13.5. The Bertz CT molecular complexity index is 3720. The lowest BCUT2D eigenvalue weighted by atomic mass is 9.82. The quantitative estimate of drug-likeness (QED) is 0.0209. The van der Waals surface area contributed by atoms with Crippen LogP contribution in [0.25, 0.3) is 0 Å². The van der Waals surface area contributed by atoms with Gasteiger partial charge in [0.15, 0.2) is 0 Å². The zero-order valence-corrected chi connectivity index (χ0v) is 85.9. The van der Waals surface area contributed by atoms with Crippen molar-refractivity contribution in [2.45, 2.75) is 357 Å². The first-order valence-corrected chi connectivity index (χ1v) is 46.7. The van der Waals surface area contributed by atoms with E-state index in [4.69, 9.17) is 43.0 Å². The number of aliphatic carboxylic acids is 4.